The van der Waals surface area contributed by atoms with Gasteiger partial charge in [-0.15, -0.1) is 0 Å². The molecule has 0 fully saturated rings. The molecular formula is C26H19N5O3. The minimum atomic E-state index is -1.06. The largest absolute Gasteiger partial charge is 0.478 e. The molecule has 8 heteroatoms. The number of carboxylic acid groups (broad SMARTS) is 1. The van der Waals surface area contributed by atoms with Crippen molar-refractivity contribution in [2.24, 2.45) is 0 Å². The van der Waals surface area contributed by atoms with E-state index in [4.69, 9.17) is 5.11 Å². The zero-order chi connectivity index (χ0) is 23.9. The van der Waals surface area contributed by atoms with Crippen molar-refractivity contribution in [3.63, 3.8) is 0 Å². The van der Waals surface area contributed by atoms with Crippen LogP contribution < -0.4 is 5.32 Å². The van der Waals surface area contributed by atoms with E-state index in [0.29, 0.717) is 23.5 Å². The van der Waals surface area contributed by atoms with E-state index in [9.17, 15) is 14.9 Å². The van der Waals surface area contributed by atoms with Crippen molar-refractivity contribution in [3.05, 3.63) is 108 Å². The number of anilines is 1. The van der Waals surface area contributed by atoms with Crippen LogP contribution in [0.2, 0.25) is 0 Å². The molecule has 0 aliphatic carbocycles. The highest BCUT2D eigenvalue weighted by atomic mass is 16.4. The predicted molar refractivity (Wildman–Crippen MR) is 127 cm³/mol. The number of benzene rings is 2. The Bertz CT molecular complexity index is 1390. The zero-order valence-electron chi connectivity index (χ0n) is 17.9. The number of nitrogens with zero attached hydrogens (tertiary/aromatic N) is 4. The van der Waals surface area contributed by atoms with Gasteiger partial charge in [-0.1, -0.05) is 30.3 Å². The van der Waals surface area contributed by atoms with Gasteiger partial charge in [0.25, 0.3) is 5.91 Å². The summed E-state index contributed by atoms with van der Waals surface area (Å²) in [5.74, 6) is -1.68. The Kier molecular flexibility index (Phi) is 6.56. The third-order valence-corrected chi connectivity index (χ3v) is 4.97. The summed E-state index contributed by atoms with van der Waals surface area (Å²) in [5.41, 5.74) is 3.35. The van der Waals surface area contributed by atoms with Crippen LogP contribution in [-0.4, -0.2) is 31.7 Å². The van der Waals surface area contributed by atoms with Crippen LogP contribution in [0.5, 0.6) is 0 Å². The molecule has 0 spiro atoms. The van der Waals surface area contributed by atoms with Gasteiger partial charge in [-0.3, -0.25) is 14.5 Å². The van der Waals surface area contributed by atoms with Crippen molar-refractivity contribution in [2.45, 2.75) is 6.54 Å². The number of amides is 1. The Labute approximate surface area is 195 Å². The second kappa shape index (κ2) is 10.1. The fourth-order valence-corrected chi connectivity index (χ4v) is 3.32. The Morgan fingerprint density at radius 1 is 1.06 bits per heavy atom. The molecule has 2 N–H and O–H groups in total. The molecule has 2 heterocycles. The lowest BCUT2D eigenvalue weighted by atomic mass is 10.1. The first-order valence-corrected chi connectivity index (χ1v) is 10.3. The molecule has 2 aromatic carbocycles. The number of aromatic nitrogens is 3. The highest BCUT2D eigenvalue weighted by molar-refractivity contribution is 6.10. The van der Waals surface area contributed by atoms with Gasteiger partial charge in [-0.25, -0.2) is 4.79 Å². The molecule has 0 atom stereocenters. The first-order valence-electron chi connectivity index (χ1n) is 10.3. The van der Waals surface area contributed by atoms with Crippen molar-refractivity contribution < 1.29 is 14.7 Å². The summed E-state index contributed by atoms with van der Waals surface area (Å²) in [5, 5.41) is 26.0. The van der Waals surface area contributed by atoms with Gasteiger partial charge in [-0.2, -0.15) is 10.4 Å². The number of hydrogen-bond donors (Lipinski definition) is 2. The van der Waals surface area contributed by atoms with Gasteiger partial charge in [0.15, 0.2) is 0 Å². The van der Waals surface area contributed by atoms with Crippen molar-refractivity contribution in [1.29, 1.82) is 5.26 Å². The molecule has 34 heavy (non-hydrogen) atoms. The number of carboxylic acids is 1. The van der Waals surface area contributed by atoms with Gasteiger partial charge >= 0.3 is 5.97 Å². The molecule has 1 amide bonds. The molecule has 0 saturated heterocycles. The molecule has 4 aromatic rings. The minimum Gasteiger partial charge on any atom is -0.478 e. The maximum Gasteiger partial charge on any atom is 0.335 e. The lowest BCUT2D eigenvalue weighted by Gasteiger charge is -2.05. The lowest BCUT2D eigenvalue weighted by Crippen LogP contribution is -2.13. The second-order valence-corrected chi connectivity index (χ2v) is 7.36. The topological polar surface area (TPSA) is 121 Å². The van der Waals surface area contributed by atoms with Gasteiger partial charge in [0.05, 0.1) is 12.1 Å². The normalized spacial score (nSPS) is 11.0. The summed E-state index contributed by atoms with van der Waals surface area (Å²) >= 11 is 0. The van der Waals surface area contributed by atoms with E-state index >= 15 is 0 Å². The van der Waals surface area contributed by atoms with Crippen LogP contribution in [-0.2, 0) is 11.3 Å². The minimum absolute atomic E-state index is 0.0981. The zero-order valence-corrected chi connectivity index (χ0v) is 17.9. The average Bonchev–Trinajstić information content (AvgIpc) is 3.26. The van der Waals surface area contributed by atoms with Gasteiger partial charge in [0, 0.05) is 35.4 Å². The Balaban J connectivity index is 1.65. The number of nitriles is 1. The average molecular weight is 449 g/mol. The molecular weight excluding hydrogens is 430 g/mol. The van der Waals surface area contributed by atoms with E-state index < -0.39 is 11.9 Å². The van der Waals surface area contributed by atoms with Crippen LogP contribution in [0.4, 0.5) is 5.69 Å². The van der Waals surface area contributed by atoms with E-state index in [1.807, 2.05) is 42.5 Å². The number of nitrogens with one attached hydrogen (secondary N) is 1. The van der Waals surface area contributed by atoms with Crippen LogP contribution in [0.15, 0.2) is 90.9 Å². The highest BCUT2D eigenvalue weighted by Crippen LogP contribution is 2.24. The maximum atomic E-state index is 12.8. The van der Waals surface area contributed by atoms with Crippen molar-refractivity contribution >= 4 is 23.6 Å². The van der Waals surface area contributed by atoms with Crippen molar-refractivity contribution in [3.8, 4) is 17.3 Å². The third-order valence-electron chi connectivity index (χ3n) is 4.97. The predicted octanol–water partition coefficient (Wildman–Crippen LogP) is 4.24. The van der Waals surface area contributed by atoms with Crippen LogP contribution in [0.1, 0.15) is 21.5 Å². The maximum absolute atomic E-state index is 12.8. The highest BCUT2D eigenvalue weighted by Gasteiger charge is 2.15. The summed E-state index contributed by atoms with van der Waals surface area (Å²) in [6, 6.07) is 21.1. The smallest absolute Gasteiger partial charge is 0.335 e. The van der Waals surface area contributed by atoms with Crippen molar-refractivity contribution in [1.82, 2.24) is 14.8 Å². The molecule has 0 saturated carbocycles. The Morgan fingerprint density at radius 3 is 2.47 bits per heavy atom. The molecule has 166 valence electrons. The third kappa shape index (κ3) is 5.23. The number of rotatable bonds is 7. The van der Waals surface area contributed by atoms with E-state index in [1.165, 1.54) is 30.3 Å². The number of hydrogen-bond acceptors (Lipinski definition) is 5. The number of aromatic carboxylic acids is 1. The monoisotopic (exact) mass is 449 g/mol. The van der Waals surface area contributed by atoms with Crippen LogP contribution in [0, 0.1) is 11.3 Å². The fourth-order valence-electron chi connectivity index (χ4n) is 3.32. The van der Waals surface area contributed by atoms with Crippen molar-refractivity contribution in [2.75, 3.05) is 5.32 Å². The van der Waals surface area contributed by atoms with Gasteiger partial charge < -0.3 is 10.4 Å². The van der Waals surface area contributed by atoms with Gasteiger partial charge in [-0.05, 0) is 48.0 Å². The molecule has 8 nitrogen and oxygen atoms in total. The van der Waals surface area contributed by atoms with Crippen LogP contribution in [0.3, 0.4) is 0 Å². The summed E-state index contributed by atoms with van der Waals surface area (Å²) in [6.07, 6.45) is 6.59. The standard InChI is InChI=1S/C26H19N5O3/c27-14-21(25(32)29-23-10-8-19(9-11-23)26(33)34)13-22-17-31(16-18-5-2-1-3-6-18)30-24(22)20-7-4-12-28-15-20/h1-13,15,17H,16H2,(H,29,32)(H,33,34)/b21-13+. The molecule has 0 unspecified atom stereocenters. The number of pyridine rings is 1. The Hall–Kier alpha value is -5.03. The molecule has 0 radical (unpaired) electrons. The summed E-state index contributed by atoms with van der Waals surface area (Å²) in [7, 11) is 0. The second-order valence-electron chi connectivity index (χ2n) is 7.36. The SMILES string of the molecule is N#C/C(=C\c1cn(Cc2ccccc2)nc1-c1cccnc1)C(=O)Nc1ccc(C(=O)O)cc1. The van der Waals surface area contributed by atoms with Crippen LogP contribution in [0.25, 0.3) is 17.3 Å². The van der Waals surface area contributed by atoms with Crippen LogP contribution >= 0.6 is 0 Å². The first kappa shape index (κ1) is 22.2. The molecule has 2 aromatic heterocycles. The van der Waals surface area contributed by atoms with Gasteiger partial charge in [0.1, 0.15) is 17.3 Å². The van der Waals surface area contributed by atoms with E-state index in [1.54, 1.807) is 29.3 Å². The Morgan fingerprint density at radius 2 is 1.82 bits per heavy atom. The van der Waals surface area contributed by atoms with E-state index in [2.05, 4.69) is 15.4 Å². The van der Waals surface area contributed by atoms with E-state index in [-0.39, 0.29) is 11.1 Å². The summed E-state index contributed by atoms with van der Waals surface area (Å²) < 4.78 is 1.75. The summed E-state index contributed by atoms with van der Waals surface area (Å²) in [6.45, 7) is 0.520. The quantitative estimate of drug-likeness (QED) is 0.322. The molecule has 0 aliphatic heterocycles. The fraction of sp³-hybridized carbons (Fsp3) is 0.0385. The van der Waals surface area contributed by atoms with E-state index in [0.717, 1.165) is 11.1 Å². The number of carbonyl (C=O) groups is 2. The summed E-state index contributed by atoms with van der Waals surface area (Å²) in [4.78, 5) is 27.9. The molecule has 0 aliphatic rings. The molecule has 0 bridgehead atoms. The lowest BCUT2D eigenvalue weighted by molar-refractivity contribution is -0.112. The van der Waals surface area contributed by atoms with Gasteiger partial charge in [0.2, 0.25) is 0 Å². The number of carbonyl (C=O) groups excluding carboxylic acids is 1. The first-order chi connectivity index (χ1) is 16.5. The molecule has 4 rings (SSSR count).